The summed E-state index contributed by atoms with van der Waals surface area (Å²) in [6, 6.07) is 7.54. The Labute approximate surface area is 102 Å². The zero-order valence-electron chi connectivity index (χ0n) is 10.4. The lowest BCUT2D eigenvalue weighted by molar-refractivity contribution is -0.122. The smallest absolute Gasteiger partial charge is 0.227 e. The van der Waals surface area contributed by atoms with Gasteiger partial charge in [0.25, 0.3) is 0 Å². The molecular formula is C14H19NO2. The molecule has 1 aromatic rings. The summed E-state index contributed by atoms with van der Waals surface area (Å²) in [5.74, 6) is 1.21. The van der Waals surface area contributed by atoms with E-state index in [1.54, 1.807) is 0 Å². The van der Waals surface area contributed by atoms with Gasteiger partial charge in [0.15, 0.2) is 0 Å². The van der Waals surface area contributed by atoms with E-state index in [4.69, 9.17) is 4.74 Å². The first-order chi connectivity index (χ1) is 8.15. The molecule has 1 saturated carbocycles. The van der Waals surface area contributed by atoms with Gasteiger partial charge in [-0.15, -0.1) is 0 Å². The molecule has 0 spiro atoms. The Morgan fingerprint density at radius 2 is 1.94 bits per heavy atom. The Balaban J connectivity index is 1.90. The summed E-state index contributed by atoms with van der Waals surface area (Å²) in [7, 11) is 0. The van der Waals surface area contributed by atoms with Crippen LogP contribution in [0.15, 0.2) is 24.3 Å². The molecule has 3 heteroatoms. The minimum atomic E-state index is 0.147. The average Bonchev–Trinajstić information content (AvgIpc) is 2.17. The van der Waals surface area contributed by atoms with Crippen molar-refractivity contribution in [1.29, 1.82) is 0 Å². The summed E-state index contributed by atoms with van der Waals surface area (Å²) < 4.78 is 5.54. The molecule has 1 aliphatic carbocycles. The highest BCUT2D eigenvalue weighted by atomic mass is 16.5. The first-order valence-corrected chi connectivity index (χ1v) is 6.23. The largest absolute Gasteiger partial charge is 0.491 e. The highest BCUT2D eigenvalue weighted by molar-refractivity contribution is 5.93. The van der Waals surface area contributed by atoms with Crippen LogP contribution in [0.3, 0.4) is 0 Å². The number of amides is 1. The van der Waals surface area contributed by atoms with Gasteiger partial charge in [-0.25, -0.2) is 0 Å². The molecule has 0 heterocycles. The number of hydrogen-bond donors (Lipinski definition) is 1. The van der Waals surface area contributed by atoms with Gasteiger partial charge in [0.1, 0.15) is 5.75 Å². The Morgan fingerprint density at radius 1 is 1.29 bits per heavy atom. The number of carbonyl (C=O) groups is 1. The van der Waals surface area contributed by atoms with Crippen molar-refractivity contribution in [3.05, 3.63) is 24.3 Å². The SMILES string of the molecule is CC(C)Oc1ccc(NC(=O)C2CCC2)cc1. The second kappa shape index (κ2) is 5.21. The number of carbonyl (C=O) groups excluding carboxylic acids is 1. The molecule has 0 atom stereocenters. The molecule has 92 valence electrons. The van der Waals surface area contributed by atoms with Crippen LogP contribution < -0.4 is 10.1 Å². The molecule has 0 aromatic heterocycles. The van der Waals surface area contributed by atoms with Gasteiger partial charge >= 0.3 is 0 Å². The van der Waals surface area contributed by atoms with Crippen LogP contribution in [-0.2, 0) is 4.79 Å². The quantitative estimate of drug-likeness (QED) is 0.867. The van der Waals surface area contributed by atoms with Gasteiger partial charge in [-0.3, -0.25) is 4.79 Å². The van der Waals surface area contributed by atoms with Crippen LogP contribution in [0.2, 0.25) is 0 Å². The molecule has 0 bridgehead atoms. The van der Waals surface area contributed by atoms with Crippen molar-refractivity contribution in [2.45, 2.75) is 39.2 Å². The van der Waals surface area contributed by atoms with Crippen molar-refractivity contribution >= 4 is 11.6 Å². The zero-order chi connectivity index (χ0) is 12.3. The van der Waals surface area contributed by atoms with Gasteiger partial charge in [-0.2, -0.15) is 0 Å². The van der Waals surface area contributed by atoms with E-state index >= 15 is 0 Å². The highest BCUT2D eigenvalue weighted by Crippen LogP contribution is 2.27. The fourth-order valence-corrected chi connectivity index (χ4v) is 1.80. The number of rotatable bonds is 4. The van der Waals surface area contributed by atoms with Crippen LogP contribution in [0.5, 0.6) is 5.75 Å². The monoisotopic (exact) mass is 233 g/mol. The fourth-order valence-electron chi connectivity index (χ4n) is 1.80. The molecule has 3 nitrogen and oxygen atoms in total. The summed E-state index contributed by atoms with van der Waals surface area (Å²) in [5.41, 5.74) is 0.845. The molecule has 1 aliphatic rings. The van der Waals surface area contributed by atoms with Crippen molar-refractivity contribution in [2.24, 2.45) is 5.92 Å². The maximum atomic E-state index is 11.7. The number of benzene rings is 1. The normalized spacial score (nSPS) is 15.5. The van der Waals surface area contributed by atoms with Crippen LogP contribution in [0, 0.1) is 5.92 Å². The molecule has 0 unspecified atom stereocenters. The minimum absolute atomic E-state index is 0.147. The topological polar surface area (TPSA) is 38.3 Å². The summed E-state index contributed by atoms with van der Waals surface area (Å²) >= 11 is 0. The third-order valence-corrected chi connectivity index (χ3v) is 2.97. The number of anilines is 1. The Morgan fingerprint density at radius 3 is 2.41 bits per heavy atom. The van der Waals surface area contributed by atoms with Crippen molar-refractivity contribution in [3.8, 4) is 5.75 Å². The van der Waals surface area contributed by atoms with E-state index in [9.17, 15) is 4.79 Å². The van der Waals surface area contributed by atoms with Crippen LogP contribution in [0.25, 0.3) is 0 Å². The summed E-state index contributed by atoms with van der Waals surface area (Å²) in [4.78, 5) is 11.7. The molecule has 0 saturated heterocycles. The third kappa shape index (κ3) is 3.22. The number of hydrogen-bond acceptors (Lipinski definition) is 2. The van der Waals surface area contributed by atoms with Gasteiger partial charge in [0, 0.05) is 11.6 Å². The molecular weight excluding hydrogens is 214 g/mol. The van der Waals surface area contributed by atoms with Crippen LogP contribution in [0.4, 0.5) is 5.69 Å². The van der Waals surface area contributed by atoms with E-state index < -0.39 is 0 Å². The van der Waals surface area contributed by atoms with Gasteiger partial charge in [0.05, 0.1) is 6.10 Å². The number of ether oxygens (including phenoxy) is 1. The predicted molar refractivity (Wildman–Crippen MR) is 68.2 cm³/mol. The van der Waals surface area contributed by atoms with E-state index in [-0.39, 0.29) is 17.9 Å². The average molecular weight is 233 g/mol. The lowest BCUT2D eigenvalue weighted by atomic mass is 9.85. The molecule has 2 rings (SSSR count). The highest BCUT2D eigenvalue weighted by Gasteiger charge is 2.24. The molecule has 1 fully saturated rings. The van der Waals surface area contributed by atoms with Gasteiger partial charge in [-0.1, -0.05) is 6.42 Å². The van der Waals surface area contributed by atoms with Crippen molar-refractivity contribution in [1.82, 2.24) is 0 Å². The van der Waals surface area contributed by atoms with Crippen molar-refractivity contribution in [2.75, 3.05) is 5.32 Å². The van der Waals surface area contributed by atoms with Gasteiger partial charge in [-0.05, 0) is 51.0 Å². The summed E-state index contributed by atoms with van der Waals surface area (Å²) in [6.07, 6.45) is 3.41. The van der Waals surface area contributed by atoms with E-state index in [2.05, 4.69) is 5.32 Å². The second-order valence-electron chi connectivity index (χ2n) is 4.81. The summed E-state index contributed by atoms with van der Waals surface area (Å²) in [5, 5.41) is 2.93. The molecule has 1 amide bonds. The van der Waals surface area contributed by atoms with Crippen molar-refractivity contribution < 1.29 is 9.53 Å². The molecule has 0 radical (unpaired) electrons. The van der Waals surface area contributed by atoms with Gasteiger partial charge in [0.2, 0.25) is 5.91 Å². The van der Waals surface area contributed by atoms with Gasteiger partial charge < -0.3 is 10.1 Å². The molecule has 0 aliphatic heterocycles. The maximum absolute atomic E-state index is 11.7. The molecule has 1 N–H and O–H groups in total. The molecule has 17 heavy (non-hydrogen) atoms. The minimum Gasteiger partial charge on any atom is -0.491 e. The van der Waals surface area contributed by atoms with Crippen LogP contribution >= 0.6 is 0 Å². The number of nitrogens with one attached hydrogen (secondary N) is 1. The van der Waals surface area contributed by atoms with Crippen LogP contribution in [0.1, 0.15) is 33.1 Å². The predicted octanol–water partition coefficient (Wildman–Crippen LogP) is 3.21. The second-order valence-corrected chi connectivity index (χ2v) is 4.81. The van der Waals surface area contributed by atoms with E-state index in [1.807, 2.05) is 38.1 Å². The Hall–Kier alpha value is -1.51. The standard InChI is InChI=1S/C14H19NO2/c1-10(2)17-13-8-6-12(7-9-13)15-14(16)11-4-3-5-11/h6-11H,3-5H2,1-2H3,(H,15,16). The third-order valence-electron chi connectivity index (χ3n) is 2.97. The Kier molecular flexibility index (Phi) is 3.67. The zero-order valence-corrected chi connectivity index (χ0v) is 10.4. The fraction of sp³-hybridized carbons (Fsp3) is 0.500. The van der Waals surface area contributed by atoms with Crippen LogP contribution in [-0.4, -0.2) is 12.0 Å². The van der Waals surface area contributed by atoms with E-state index in [0.29, 0.717) is 0 Å². The summed E-state index contributed by atoms with van der Waals surface area (Å²) in [6.45, 7) is 3.98. The first kappa shape index (κ1) is 12.0. The van der Waals surface area contributed by atoms with E-state index in [0.717, 1.165) is 24.3 Å². The maximum Gasteiger partial charge on any atom is 0.227 e. The Bertz CT molecular complexity index is 380. The van der Waals surface area contributed by atoms with E-state index in [1.165, 1.54) is 6.42 Å². The lowest BCUT2D eigenvalue weighted by Gasteiger charge is -2.24. The molecule has 1 aromatic carbocycles. The lowest BCUT2D eigenvalue weighted by Crippen LogP contribution is -2.27. The first-order valence-electron chi connectivity index (χ1n) is 6.23. The van der Waals surface area contributed by atoms with Crippen molar-refractivity contribution in [3.63, 3.8) is 0 Å².